The van der Waals surface area contributed by atoms with Gasteiger partial charge in [-0.2, -0.15) is 0 Å². The Bertz CT molecular complexity index is 685. The molecule has 0 fully saturated rings. The normalized spacial score (nSPS) is 20.3. The molecule has 0 radical (unpaired) electrons. The number of pyridine rings is 1. The SMILES string of the molecule is [2H]c1c(C([2H])([2H])[2H])cnc(-c2ccc(C([2H])([2H])[2H])cc2)c1[2H]. The first-order valence-electron chi connectivity index (χ1n) is 8.09. The summed E-state index contributed by atoms with van der Waals surface area (Å²) in [5.41, 5.74) is 0.493. The molecular formula is C13H13N. The third kappa shape index (κ3) is 1.82. The molecule has 0 bridgehead atoms. The highest BCUT2D eigenvalue weighted by atomic mass is 14.7. The Morgan fingerprint density at radius 1 is 1.07 bits per heavy atom. The maximum absolute atomic E-state index is 7.92. The van der Waals surface area contributed by atoms with Crippen molar-refractivity contribution in [3.63, 3.8) is 0 Å². The van der Waals surface area contributed by atoms with Crippen molar-refractivity contribution in [3.05, 3.63) is 53.7 Å². The number of benzene rings is 1. The van der Waals surface area contributed by atoms with Crippen LogP contribution >= 0.6 is 0 Å². The molecule has 1 aromatic heterocycles. The van der Waals surface area contributed by atoms with Gasteiger partial charge in [-0.15, -0.1) is 0 Å². The molecular weight excluding hydrogens is 170 g/mol. The van der Waals surface area contributed by atoms with Gasteiger partial charge in [0.1, 0.15) is 0 Å². The lowest BCUT2D eigenvalue weighted by atomic mass is 10.1. The van der Waals surface area contributed by atoms with Crippen molar-refractivity contribution in [3.8, 4) is 11.3 Å². The highest BCUT2D eigenvalue weighted by molar-refractivity contribution is 5.59. The van der Waals surface area contributed by atoms with Gasteiger partial charge >= 0.3 is 0 Å². The molecule has 0 aliphatic carbocycles. The molecule has 0 N–H and O–H groups in total. The van der Waals surface area contributed by atoms with Crippen LogP contribution in [-0.2, 0) is 0 Å². The fourth-order valence-corrected chi connectivity index (χ4v) is 1.09. The summed E-state index contributed by atoms with van der Waals surface area (Å²) in [5.74, 6) is 0. The minimum absolute atomic E-state index is 0.148. The number of nitrogens with zero attached hydrogens (tertiary/aromatic N) is 1. The zero-order valence-corrected chi connectivity index (χ0v) is 7.33. The predicted octanol–water partition coefficient (Wildman–Crippen LogP) is 3.37. The van der Waals surface area contributed by atoms with E-state index in [0.717, 1.165) is 6.20 Å². The Morgan fingerprint density at radius 3 is 2.57 bits per heavy atom. The van der Waals surface area contributed by atoms with E-state index in [1.165, 1.54) is 24.3 Å². The minimum Gasteiger partial charge on any atom is -0.256 e. The quantitative estimate of drug-likeness (QED) is 0.673. The van der Waals surface area contributed by atoms with Gasteiger partial charge < -0.3 is 0 Å². The molecule has 0 unspecified atom stereocenters. The molecule has 0 amide bonds. The first-order chi connectivity index (χ1) is 10.0. The van der Waals surface area contributed by atoms with E-state index in [0.29, 0.717) is 5.56 Å². The van der Waals surface area contributed by atoms with Crippen LogP contribution in [0.25, 0.3) is 11.3 Å². The fraction of sp³-hybridized carbons (Fsp3) is 0.154. The zero-order chi connectivity index (χ0) is 16.7. The molecule has 1 nitrogen and oxygen atoms in total. The van der Waals surface area contributed by atoms with Gasteiger partial charge in [-0.25, -0.2) is 0 Å². The second-order valence-corrected chi connectivity index (χ2v) is 2.85. The van der Waals surface area contributed by atoms with Crippen LogP contribution in [0.3, 0.4) is 0 Å². The van der Waals surface area contributed by atoms with Crippen LogP contribution in [-0.4, -0.2) is 4.98 Å². The zero-order valence-electron chi connectivity index (χ0n) is 15.3. The van der Waals surface area contributed by atoms with Gasteiger partial charge in [-0.3, -0.25) is 4.98 Å². The van der Waals surface area contributed by atoms with Crippen molar-refractivity contribution in [2.45, 2.75) is 13.7 Å². The lowest BCUT2D eigenvalue weighted by Gasteiger charge is -2.01. The molecule has 0 atom stereocenters. The van der Waals surface area contributed by atoms with Gasteiger partial charge in [0, 0.05) is 20.0 Å². The van der Waals surface area contributed by atoms with E-state index in [-0.39, 0.29) is 22.9 Å². The Hall–Kier alpha value is -1.63. The Balaban J connectivity index is 2.48. The summed E-state index contributed by atoms with van der Waals surface area (Å²) < 4.78 is 59.6. The van der Waals surface area contributed by atoms with Crippen LogP contribution in [0.5, 0.6) is 0 Å². The van der Waals surface area contributed by atoms with E-state index in [1.54, 1.807) is 0 Å². The van der Waals surface area contributed by atoms with Gasteiger partial charge in [0.15, 0.2) is 0 Å². The van der Waals surface area contributed by atoms with Crippen LogP contribution in [0, 0.1) is 13.7 Å². The first-order valence-corrected chi connectivity index (χ1v) is 4.09. The van der Waals surface area contributed by atoms with E-state index in [9.17, 15) is 0 Å². The lowest BCUT2D eigenvalue weighted by Crippen LogP contribution is -1.83. The molecule has 0 aliphatic rings. The molecule has 0 saturated carbocycles. The van der Waals surface area contributed by atoms with Crippen molar-refractivity contribution in [2.75, 3.05) is 0 Å². The summed E-state index contributed by atoms with van der Waals surface area (Å²) in [4.78, 5) is 3.96. The molecule has 0 spiro atoms. The second-order valence-electron chi connectivity index (χ2n) is 2.85. The van der Waals surface area contributed by atoms with Crippen LogP contribution in [0.15, 0.2) is 42.5 Å². The van der Waals surface area contributed by atoms with Gasteiger partial charge in [-0.1, -0.05) is 35.9 Å². The summed E-state index contributed by atoms with van der Waals surface area (Å²) in [7, 11) is 0. The van der Waals surface area contributed by atoms with E-state index >= 15 is 0 Å². The van der Waals surface area contributed by atoms with Crippen molar-refractivity contribution < 1.29 is 11.0 Å². The Kier molecular flexibility index (Phi) is 0.906. The van der Waals surface area contributed by atoms with Crippen molar-refractivity contribution >= 4 is 0 Å². The van der Waals surface area contributed by atoms with E-state index in [4.69, 9.17) is 11.0 Å². The fourth-order valence-electron chi connectivity index (χ4n) is 1.09. The largest absolute Gasteiger partial charge is 0.256 e. The average molecular weight is 191 g/mol. The highest BCUT2D eigenvalue weighted by Crippen LogP contribution is 2.17. The van der Waals surface area contributed by atoms with E-state index in [2.05, 4.69) is 4.98 Å². The van der Waals surface area contributed by atoms with Crippen LogP contribution in [0.4, 0.5) is 0 Å². The predicted molar refractivity (Wildman–Crippen MR) is 59.1 cm³/mol. The molecule has 14 heavy (non-hydrogen) atoms. The number of aromatic nitrogens is 1. The first kappa shape index (κ1) is 3.50. The molecule has 0 saturated heterocycles. The monoisotopic (exact) mass is 191 g/mol. The minimum atomic E-state index is -2.50. The molecule has 1 heterocycles. The Morgan fingerprint density at radius 2 is 1.86 bits per heavy atom. The van der Waals surface area contributed by atoms with Crippen molar-refractivity contribution in [1.29, 1.82) is 0 Å². The lowest BCUT2D eigenvalue weighted by molar-refractivity contribution is 1.27. The summed E-state index contributed by atoms with van der Waals surface area (Å²) in [6, 6.07) is 5.11. The number of hydrogen-bond donors (Lipinski definition) is 0. The standard InChI is InChI=1S/C13H13N/c1-10-3-6-12(7-4-10)13-8-5-11(2)9-14-13/h3-9H,1-2H3/i1D3,2D3,5D,8D. The molecule has 1 aromatic carbocycles. The molecule has 0 aliphatic heterocycles. The van der Waals surface area contributed by atoms with E-state index < -0.39 is 19.7 Å². The third-order valence-electron chi connectivity index (χ3n) is 1.80. The number of aryl methyl sites for hydroxylation is 2. The topological polar surface area (TPSA) is 12.9 Å². The maximum atomic E-state index is 7.92. The number of rotatable bonds is 1. The maximum Gasteiger partial charge on any atom is 0.0702 e. The number of hydrogen-bond acceptors (Lipinski definition) is 1. The second kappa shape index (κ2) is 3.62. The molecule has 2 aromatic rings. The summed E-state index contributed by atoms with van der Waals surface area (Å²) in [6.45, 7) is -4.72. The molecule has 1 heteroatoms. The van der Waals surface area contributed by atoms with Crippen LogP contribution in [0.2, 0.25) is 0 Å². The van der Waals surface area contributed by atoms with Gasteiger partial charge in [0.2, 0.25) is 0 Å². The third-order valence-corrected chi connectivity index (χ3v) is 1.80. The summed E-state index contributed by atoms with van der Waals surface area (Å²) >= 11 is 0. The van der Waals surface area contributed by atoms with Crippen molar-refractivity contribution in [2.24, 2.45) is 0 Å². The molecule has 70 valence electrons. The summed E-state index contributed by atoms with van der Waals surface area (Å²) in [6.07, 6.45) is 1.07. The van der Waals surface area contributed by atoms with E-state index in [1.807, 2.05) is 0 Å². The molecule has 2 rings (SSSR count). The van der Waals surface area contributed by atoms with Crippen LogP contribution in [0.1, 0.15) is 22.1 Å². The van der Waals surface area contributed by atoms with Gasteiger partial charge in [-0.05, 0) is 25.3 Å². The smallest absolute Gasteiger partial charge is 0.0702 e. The van der Waals surface area contributed by atoms with Gasteiger partial charge in [0.05, 0.1) is 8.44 Å². The van der Waals surface area contributed by atoms with Crippen LogP contribution < -0.4 is 0 Å². The highest BCUT2D eigenvalue weighted by Gasteiger charge is 1.97. The summed E-state index contributed by atoms with van der Waals surface area (Å²) in [5, 5.41) is 0. The average Bonchev–Trinajstić information content (AvgIpc) is 2.39. The Labute approximate surface area is 95.7 Å². The van der Waals surface area contributed by atoms with Gasteiger partial charge in [0.25, 0.3) is 0 Å². The van der Waals surface area contributed by atoms with Crippen molar-refractivity contribution in [1.82, 2.24) is 4.98 Å².